The molecule has 1 aromatic rings. The van der Waals surface area contributed by atoms with Crippen molar-refractivity contribution in [3.05, 3.63) is 35.1 Å². The second-order valence-electron chi connectivity index (χ2n) is 3.73. The van der Waals surface area contributed by atoms with Gasteiger partial charge in [-0.3, -0.25) is 4.79 Å². The molecule has 0 atom stereocenters. The molecule has 0 saturated carbocycles. The highest BCUT2D eigenvalue weighted by atomic mass is 19.1. The van der Waals surface area contributed by atoms with Crippen LogP contribution in [0.3, 0.4) is 0 Å². The van der Waals surface area contributed by atoms with E-state index in [9.17, 15) is 9.18 Å². The molecule has 0 radical (unpaired) electrons. The van der Waals surface area contributed by atoms with Crippen molar-refractivity contribution >= 4 is 5.97 Å². The minimum atomic E-state index is -0.949. The quantitative estimate of drug-likeness (QED) is 0.820. The Bertz CT molecular complexity index is 364. The van der Waals surface area contributed by atoms with Crippen LogP contribution in [-0.2, 0) is 17.8 Å². The summed E-state index contributed by atoms with van der Waals surface area (Å²) in [4.78, 5) is 12.3. The first kappa shape index (κ1) is 11.7. The largest absolute Gasteiger partial charge is 0.481 e. The monoisotopic (exact) mass is 211 g/mol. The molecule has 82 valence electrons. The Labute approximate surface area is 88.1 Å². The van der Waals surface area contributed by atoms with E-state index in [-0.39, 0.29) is 12.2 Å². The zero-order chi connectivity index (χ0) is 11.4. The van der Waals surface area contributed by atoms with E-state index in [0.717, 1.165) is 0 Å². The summed E-state index contributed by atoms with van der Waals surface area (Å²) in [5.74, 6) is -1.29. The van der Waals surface area contributed by atoms with Crippen molar-refractivity contribution in [1.82, 2.24) is 4.90 Å². The van der Waals surface area contributed by atoms with E-state index in [4.69, 9.17) is 5.11 Å². The second kappa shape index (κ2) is 4.89. The maximum Gasteiger partial charge on any atom is 0.307 e. The standard InChI is InChI=1S/C11H14FNO2/c1-13(2)7-9-4-3-8(5-10(9)12)6-11(14)15/h3-5H,6-7H2,1-2H3,(H,14,15). The third-order valence-electron chi connectivity index (χ3n) is 1.96. The van der Waals surface area contributed by atoms with Gasteiger partial charge in [0.15, 0.2) is 0 Å². The normalized spacial score (nSPS) is 10.7. The zero-order valence-electron chi connectivity index (χ0n) is 8.83. The molecule has 0 heterocycles. The van der Waals surface area contributed by atoms with Crippen molar-refractivity contribution < 1.29 is 14.3 Å². The lowest BCUT2D eigenvalue weighted by atomic mass is 10.1. The SMILES string of the molecule is CN(C)Cc1ccc(CC(=O)O)cc1F. The number of nitrogens with zero attached hydrogens (tertiary/aromatic N) is 1. The van der Waals surface area contributed by atoms with Gasteiger partial charge in [0.2, 0.25) is 0 Å². The summed E-state index contributed by atoms with van der Waals surface area (Å²) < 4.78 is 13.4. The maximum absolute atomic E-state index is 13.4. The summed E-state index contributed by atoms with van der Waals surface area (Å²) in [5.41, 5.74) is 1.07. The Hall–Kier alpha value is -1.42. The van der Waals surface area contributed by atoms with E-state index in [2.05, 4.69) is 0 Å². The summed E-state index contributed by atoms with van der Waals surface area (Å²) in [6.45, 7) is 0.513. The van der Waals surface area contributed by atoms with Gasteiger partial charge in [0.25, 0.3) is 0 Å². The van der Waals surface area contributed by atoms with E-state index in [1.165, 1.54) is 6.07 Å². The van der Waals surface area contributed by atoms with Crippen LogP contribution in [0.2, 0.25) is 0 Å². The summed E-state index contributed by atoms with van der Waals surface area (Å²) >= 11 is 0. The number of halogens is 1. The van der Waals surface area contributed by atoms with E-state index in [1.807, 2.05) is 19.0 Å². The molecule has 1 rings (SSSR count). The fraction of sp³-hybridized carbons (Fsp3) is 0.364. The molecular weight excluding hydrogens is 197 g/mol. The van der Waals surface area contributed by atoms with Crippen LogP contribution in [-0.4, -0.2) is 30.1 Å². The molecule has 0 spiro atoms. The van der Waals surface area contributed by atoms with Crippen LogP contribution in [0.5, 0.6) is 0 Å². The molecule has 0 aliphatic carbocycles. The van der Waals surface area contributed by atoms with Gasteiger partial charge >= 0.3 is 5.97 Å². The highest BCUT2D eigenvalue weighted by Crippen LogP contribution is 2.12. The fourth-order valence-electron chi connectivity index (χ4n) is 1.34. The van der Waals surface area contributed by atoms with Crippen molar-refractivity contribution in [2.45, 2.75) is 13.0 Å². The van der Waals surface area contributed by atoms with Gasteiger partial charge in [0, 0.05) is 12.1 Å². The van der Waals surface area contributed by atoms with Gasteiger partial charge in [0.05, 0.1) is 6.42 Å². The lowest BCUT2D eigenvalue weighted by molar-refractivity contribution is -0.136. The van der Waals surface area contributed by atoms with Gasteiger partial charge < -0.3 is 10.0 Å². The third kappa shape index (κ3) is 3.67. The molecule has 3 nitrogen and oxygen atoms in total. The van der Waals surface area contributed by atoms with Crippen molar-refractivity contribution in [3.63, 3.8) is 0 Å². The summed E-state index contributed by atoms with van der Waals surface area (Å²) in [7, 11) is 3.70. The van der Waals surface area contributed by atoms with Crippen LogP contribution in [0, 0.1) is 5.82 Å². The zero-order valence-corrected chi connectivity index (χ0v) is 8.83. The number of rotatable bonds is 4. The molecule has 0 aromatic heterocycles. The van der Waals surface area contributed by atoms with Gasteiger partial charge in [0.1, 0.15) is 5.82 Å². The van der Waals surface area contributed by atoms with Gasteiger partial charge in [-0.25, -0.2) is 4.39 Å². The predicted octanol–water partition coefficient (Wildman–Crippen LogP) is 1.51. The van der Waals surface area contributed by atoms with E-state index in [1.54, 1.807) is 12.1 Å². The molecule has 15 heavy (non-hydrogen) atoms. The smallest absolute Gasteiger partial charge is 0.307 e. The average molecular weight is 211 g/mol. The molecule has 0 fully saturated rings. The lowest BCUT2D eigenvalue weighted by Gasteiger charge is -2.10. The molecule has 0 aliphatic heterocycles. The number of aliphatic carboxylic acids is 1. The molecule has 0 saturated heterocycles. The van der Waals surface area contributed by atoms with Crippen LogP contribution in [0.25, 0.3) is 0 Å². The summed E-state index contributed by atoms with van der Waals surface area (Å²) in [5, 5.41) is 8.54. The van der Waals surface area contributed by atoms with Crippen LogP contribution in [0.1, 0.15) is 11.1 Å². The topological polar surface area (TPSA) is 40.5 Å². The molecule has 0 unspecified atom stereocenters. The van der Waals surface area contributed by atoms with Crippen LogP contribution >= 0.6 is 0 Å². The van der Waals surface area contributed by atoms with Crippen LogP contribution < -0.4 is 0 Å². The van der Waals surface area contributed by atoms with E-state index >= 15 is 0 Å². The van der Waals surface area contributed by atoms with Gasteiger partial charge in [-0.05, 0) is 25.7 Å². The number of benzene rings is 1. The predicted molar refractivity (Wildman–Crippen MR) is 55.1 cm³/mol. The van der Waals surface area contributed by atoms with Crippen LogP contribution in [0.15, 0.2) is 18.2 Å². The number of hydrogen-bond donors (Lipinski definition) is 1. The Morgan fingerprint density at radius 1 is 1.47 bits per heavy atom. The number of hydrogen-bond acceptors (Lipinski definition) is 2. The number of carboxylic acids is 1. The van der Waals surface area contributed by atoms with Gasteiger partial charge in [-0.2, -0.15) is 0 Å². The third-order valence-corrected chi connectivity index (χ3v) is 1.96. The lowest BCUT2D eigenvalue weighted by Crippen LogP contribution is -2.12. The second-order valence-corrected chi connectivity index (χ2v) is 3.73. The Morgan fingerprint density at radius 2 is 2.13 bits per heavy atom. The van der Waals surface area contributed by atoms with Gasteiger partial charge in [-0.1, -0.05) is 12.1 Å². The highest BCUT2D eigenvalue weighted by Gasteiger charge is 2.06. The Morgan fingerprint density at radius 3 is 2.60 bits per heavy atom. The fourth-order valence-corrected chi connectivity index (χ4v) is 1.34. The summed E-state index contributed by atoms with van der Waals surface area (Å²) in [6, 6.07) is 4.57. The molecule has 1 N–H and O–H groups in total. The molecule has 4 heteroatoms. The van der Waals surface area contributed by atoms with E-state index in [0.29, 0.717) is 17.7 Å². The first-order valence-electron chi connectivity index (χ1n) is 4.63. The Kier molecular flexibility index (Phi) is 3.80. The summed E-state index contributed by atoms with van der Waals surface area (Å²) in [6.07, 6.45) is -0.140. The minimum absolute atomic E-state index is 0.140. The average Bonchev–Trinajstić information content (AvgIpc) is 2.08. The van der Waals surface area contributed by atoms with Crippen LogP contribution in [0.4, 0.5) is 4.39 Å². The number of carboxylic acid groups (broad SMARTS) is 1. The van der Waals surface area contributed by atoms with Crippen molar-refractivity contribution in [2.75, 3.05) is 14.1 Å². The molecule has 1 aromatic carbocycles. The first-order chi connectivity index (χ1) is 6.99. The molecular formula is C11H14FNO2. The maximum atomic E-state index is 13.4. The Balaban J connectivity index is 2.83. The van der Waals surface area contributed by atoms with Crippen molar-refractivity contribution in [3.8, 4) is 0 Å². The molecule has 0 bridgehead atoms. The van der Waals surface area contributed by atoms with E-state index < -0.39 is 5.97 Å². The van der Waals surface area contributed by atoms with Crippen molar-refractivity contribution in [1.29, 1.82) is 0 Å². The molecule has 0 amide bonds. The first-order valence-corrected chi connectivity index (χ1v) is 4.63. The molecule has 0 aliphatic rings. The minimum Gasteiger partial charge on any atom is -0.481 e. The van der Waals surface area contributed by atoms with Gasteiger partial charge in [-0.15, -0.1) is 0 Å². The van der Waals surface area contributed by atoms with Crippen molar-refractivity contribution in [2.24, 2.45) is 0 Å². The number of carbonyl (C=O) groups is 1. The highest BCUT2D eigenvalue weighted by molar-refractivity contribution is 5.70.